The fourth-order valence-corrected chi connectivity index (χ4v) is 8.74. The Morgan fingerprint density at radius 3 is 1.93 bits per heavy atom. The van der Waals surface area contributed by atoms with Crippen LogP contribution < -0.4 is 0 Å². The van der Waals surface area contributed by atoms with Gasteiger partial charge < -0.3 is 0 Å². The van der Waals surface area contributed by atoms with Crippen molar-refractivity contribution in [3.8, 4) is 11.1 Å². The first-order valence-corrected chi connectivity index (χ1v) is 18.9. The number of rotatable bonds is 6. The molecule has 0 amide bonds. The Morgan fingerprint density at radius 2 is 1.45 bits per heavy atom. The van der Waals surface area contributed by atoms with Crippen molar-refractivity contribution in [3.63, 3.8) is 0 Å². The van der Waals surface area contributed by atoms with Gasteiger partial charge in [0.1, 0.15) is 6.10 Å². The minimum atomic E-state index is -5.82. The molecule has 231 valence electrons. The fourth-order valence-electron chi connectivity index (χ4n) is 6.52. The van der Waals surface area contributed by atoms with E-state index < -0.39 is 30.5 Å². The van der Waals surface area contributed by atoms with Gasteiger partial charge in [-0.05, 0) is 74.5 Å². The van der Waals surface area contributed by atoms with E-state index in [1.807, 2.05) is 12.1 Å². The predicted molar refractivity (Wildman–Crippen MR) is 168 cm³/mol. The summed E-state index contributed by atoms with van der Waals surface area (Å²) in [5.41, 5.74) is 0.508. The van der Waals surface area contributed by atoms with E-state index in [-0.39, 0.29) is 16.2 Å². The van der Waals surface area contributed by atoms with Crippen molar-refractivity contribution in [1.82, 2.24) is 0 Å². The van der Waals surface area contributed by atoms with Crippen molar-refractivity contribution in [1.29, 1.82) is 0 Å². The van der Waals surface area contributed by atoms with Crippen molar-refractivity contribution in [2.45, 2.75) is 123 Å². The molecule has 1 unspecified atom stereocenters. The van der Waals surface area contributed by atoms with Crippen molar-refractivity contribution < 1.29 is 25.8 Å². The molecule has 0 spiro atoms. The summed E-state index contributed by atoms with van der Waals surface area (Å²) >= 11 is 0. The van der Waals surface area contributed by atoms with Gasteiger partial charge in [0.25, 0.3) is 0 Å². The Labute approximate surface area is 252 Å². The highest BCUT2D eigenvalue weighted by molar-refractivity contribution is 7.87. The highest BCUT2D eigenvalue weighted by Crippen LogP contribution is 2.54. The molecule has 0 heterocycles. The number of hydrogen-bond donors (Lipinski definition) is 0. The zero-order valence-electron chi connectivity index (χ0n) is 26.6. The number of benzene rings is 2. The Balaban J connectivity index is 2.02. The third-order valence-corrected chi connectivity index (χ3v) is 11.5. The average molecular weight is 620 g/mol. The molecular weight excluding hydrogens is 574 g/mol. The van der Waals surface area contributed by atoms with Crippen LogP contribution in [0.4, 0.5) is 13.2 Å². The van der Waals surface area contributed by atoms with Crippen molar-refractivity contribution in [3.05, 3.63) is 64.2 Å². The summed E-state index contributed by atoms with van der Waals surface area (Å²) in [6, 6.07) is 12.2. The van der Waals surface area contributed by atoms with E-state index in [2.05, 4.69) is 79.8 Å². The first kappa shape index (κ1) is 33.0. The number of halogens is 3. The molecule has 1 saturated carbocycles. The predicted octanol–water partition coefficient (Wildman–Crippen LogP) is 10.3. The lowest BCUT2D eigenvalue weighted by Crippen LogP contribution is -2.29. The summed E-state index contributed by atoms with van der Waals surface area (Å²) in [5.74, 6) is 0. The second-order valence-corrected chi connectivity index (χ2v) is 19.0. The summed E-state index contributed by atoms with van der Waals surface area (Å²) in [6.07, 6.45) is 4.44. The quantitative estimate of drug-likeness (QED) is 0.184. The van der Waals surface area contributed by atoms with Gasteiger partial charge in [-0.3, -0.25) is 4.18 Å². The molecule has 3 nitrogen and oxygen atoms in total. The minimum absolute atomic E-state index is 0.118. The lowest BCUT2D eigenvalue weighted by Gasteiger charge is -2.36. The summed E-state index contributed by atoms with van der Waals surface area (Å²) < 4.78 is 71.4. The van der Waals surface area contributed by atoms with Crippen molar-refractivity contribution in [2.24, 2.45) is 5.41 Å². The zero-order chi connectivity index (χ0) is 31.5. The monoisotopic (exact) mass is 619 g/mol. The Bertz CT molecular complexity index is 1440. The Morgan fingerprint density at radius 1 is 0.905 bits per heavy atom. The van der Waals surface area contributed by atoms with Gasteiger partial charge in [0.2, 0.25) is 0 Å². The maximum absolute atomic E-state index is 13.7. The van der Waals surface area contributed by atoms with E-state index >= 15 is 0 Å². The van der Waals surface area contributed by atoms with Gasteiger partial charge in [0.05, 0.1) is 8.80 Å². The molecule has 2 aliphatic rings. The van der Waals surface area contributed by atoms with Gasteiger partial charge in [-0.2, -0.15) is 21.6 Å². The van der Waals surface area contributed by atoms with Crippen LogP contribution in [0.5, 0.6) is 0 Å². The second kappa shape index (κ2) is 11.2. The van der Waals surface area contributed by atoms with Crippen LogP contribution in [0.25, 0.3) is 16.3 Å². The molecule has 1 radical (unpaired) electrons. The van der Waals surface area contributed by atoms with Gasteiger partial charge in [-0.25, -0.2) is 0 Å². The molecule has 1 fully saturated rings. The third-order valence-electron chi connectivity index (χ3n) is 8.93. The van der Waals surface area contributed by atoms with E-state index in [0.717, 1.165) is 59.6 Å². The minimum Gasteiger partial charge on any atom is -0.250 e. The molecule has 0 aliphatic heterocycles. The van der Waals surface area contributed by atoms with Crippen LogP contribution in [0.15, 0.2) is 42.0 Å². The standard InChI is InChI=1S/C34H46F3O3SSi/c1-31(2,3)23-18-22(19-24(20-23)32(4,5)6)25-14-13-15-26-28(25)30(42(8)9)27(21-33(7)16-11-10-12-17-33)29(26)40-41(38,39)34(35,36)37/h13-15,18-20,29H,10-12,16-17,21H2,1-9H3. The maximum Gasteiger partial charge on any atom is 0.523 e. The number of hydrogen-bond acceptors (Lipinski definition) is 3. The summed E-state index contributed by atoms with van der Waals surface area (Å²) in [7, 11) is -7.07. The molecule has 2 aromatic carbocycles. The molecule has 0 N–H and O–H groups in total. The normalized spacial score (nSPS) is 19.9. The van der Waals surface area contributed by atoms with Crippen LogP contribution in [0.1, 0.15) is 115 Å². The van der Waals surface area contributed by atoms with Gasteiger partial charge in [-0.1, -0.05) is 122 Å². The van der Waals surface area contributed by atoms with Gasteiger partial charge >= 0.3 is 15.6 Å². The molecule has 42 heavy (non-hydrogen) atoms. The first-order valence-electron chi connectivity index (χ1n) is 15.0. The fraction of sp³-hybridized carbons (Fsp3) is 0.588. The molecule has 4 rings (SSSR count). The average Bonchev–Trinajstić information content (AvgIpc) is 3.14. The highest BCUT2D eigenvalue weighted by atomic mass is 32.2. The lowest BCUT2D eigenvalue weighted by atomic mass is 9.71. The zero-order valence-corrected chi connectivity index (χ0v) is 28.4. The summed E-state index contributed by atoms with van der Waals surface area (Å²) in [4.78, 5) is 0. The van der Waals surface area contributed by atoms with E-state index in [0.29, 0.717) is 12.0 Å². The van der Waals surface area contributed by atoms with Crippen LogP contribution in [-0.2, 0) is 25.1 Å². The Kier molecular flexibility index (Phi) is 8.82. The molecule has 2 aliphatic carbocycles. The van der Waals surface area contributed by atoms with Crippen LogP contribution in [0, 0.1) is 5.41 Å². The molecule has 1 atom stereocenters. The largest absolute Gasteiger partial charge is 0.523 e. The smallest absolute Gasteiger partial charge is 0.250 e. The van der Waals surface area contributed by atoms with Gasteiger partial charge in [0.15, 0.2) is 0 Å². The summed E-state index contributed by atoms with van der Waals surface area (Å²) in [5, 5.41) is 1.01. The molecule has 0 aromatic heterocycles. The highest BCUT2D eigenvalue weighted by Gasteiger charge is 2.51. The number of alkyl halides is 3. The number of fused-ring (bicyclic) bond motifs is 1. The topological polar surface area (TPSA) is 43.4 Å². The van der Waals surface area contributed by atoms with Gasteiger partial charge in [0, 0.05) is 0 Å². The van der Waals surface area contributed by atoms with E-state index in [1.54, 1.807) is 6.07 Å². The van der Waals surface area contributed by atoms with Crippen molar-refractivity contribution >= 4 is 24.1 Å². The molecule has 0 bridgehead atoms. The van der Waals surface area contributed by atoms with Crippen LogP contribution in [0.3, 0.4) is 0 Å². The molecule has 0 saturated heterocycles. The van der Waals surface area contributed by atoms with Crippen LogP contribution >= 0.6 is 0 Å². The Hall–Kier alpha value is -1.90. The SMILES string of the molecule is C[Si](C)C1=C(CC2(C)CCCCC2)C(OS(=O)(=O)C(F)(F)F)c2cccc(-c3cc(C(C)(C)C)cc(C(C)(C)C)c3)c21. The lowest BCUT2D eigenvalue weighted by molar-refractivity contribution is -0.0564. The van der Waals surface area contributed by atoms with E-state index in [4.69, 9.17) is 4.18 Å². The third kappa shape index (κ3) is 6.60. The summed E-state index contributed by atoms with van der Waals surface area (Å²) in [6.45, 7) is 19.5. The van der Waals surface area contributed by atoms with Crippen molar-refractivity contribution in [2.75, 3.05) is 0 Å². The maximum atomic E-state index is 13.7. The molecular formula is C34H46F3O3SSi. The first-order chi connectivity index (χ1) is 19.1. The van der Waals surface area contributed by atoms with Crippen LogP contribution in [-0.4, -0.2) is 22.7 Å². The van der Waals surface area contributed by atoms with E-state index in [1.165, 1.54) is 11.1 Å². The molecule has 2 aromatic rings. The van der Waals surface area contributed by atoms with E-state index in [9.17, 15) is 21.6 Å². The molecule has 8 heteroatoms. The van der Waals surface area contributed by atoms with Crippen LogP contribution in [0.2, 0.25) is 13.1 Å². The van der Waals surface area contributed by atoms with Gasteiger partial charge in [-0.15, -0.1) is 0 Å². The second-order valence-electron chi connectivity index (χ2n) is 14.9.